The second kappa shape index (κ2) is 7.72. The van der Waals surface area contributed by atoms with Crippen LogP contribution in [0.3, 0.4) is 0 Å². The van der Waals surface area contributed by atoms with Gasteiger partial charge in [-0.05, 0) is 33.1 Å². The molecule has 0 heterocycles. The first kappa shape index (κ1) is 18.2. The Kier molecular flexibility index (Phi) is 7.02. The highest BCUT2D eigenvalue weighted by molar-refractivity contribution is 5.87. The predicted octanol–water partition coefficient (Wildman–Crippen LogP) is 1.13. The molecule has 0 aliphatic heterocycles. The number of rotatable bonds is 6. The Labute approximate surface area is 119 Å². The maximum absolute atomic E-state index is 11.8. The van der Waals surface area contributed by atoms with E-state index in [4.69, 9.17) is 9.84 Å². The van der Waals surface area contributed by atoms with Gasteiger partial charge in [-0.25, -0.2) is 4.79 Å². The van der Waals surface area contributed by atoms with Crippen molar-refractivity contribution in [3.8, 4) is 0 Å². The second-order valence-corrected chi connectivity index (χ2v) is 5.94. The summed E-state index contributed by atoms with van der Waals surface area (Å²) in [5.41, 5.74) is -0.663. The summed E-state index contributed by atoms with van der Waals surface area (Å²) in [5, 5.41) is 13.2. The summed E-state index contributed by atoms with van der Waals surface area (Å²) in [4.78, 5) is 33.9. The molecule has 1 unspecified atom stereocenters. The molecule has 0 radical (unpaired) electrons. The number of carbonyl (C=O) groups excluding carboxylic acids is 2. The minimum absolute atomic E-state index is 0.158. The monoisotopic (exact) mass is 288 g/mol. The molecule has 116 valence electrons. The van der Waals surface area contributed by atoms with Crippen LogP contribution in [0.1, 0.15) is 41.0 Å². The summed E-state index contributed by atoms with van der Waals surface area (Å²) >= 11 is 0. The lowest BCUT2D eigenvalue weighted by Gasteiger charge is -2.24. The highest BCUT2D eigenvalue weighted by atomic mass is 16.6. The van der Waals surface area contributed by atoms with Gasteiger partial charge in [0.1, 0.15) is 18.2 Å². The van der Waals surface area contributed by atoms with Crippen LogP contribution in [0, 0.1) is 5.92 Å². The molecule has 0 aromatic rings. The molecule has 0 aromatic heterocycles. The molecule has 0 aliphatic carbocycles. The zero-order valence-corrected chi connectivity index (χ0v) is 12.6. The molecular weight excluding hydrogens is 264 g/mol. The summed E-state index contributed by atoms with van der Waals surface area (Å²) in [6, 6.07) is -0.816. The van der Waals surface area contributed by atoms with E-state index in [1.165, 1.54) is 0 Å². The van der Waals surface area contributed by atoms with E-state index < -0.39 is 36.2 Å². The Morgan fingerprint density at radius 2 is 1.75 bits per heavy atom. The van der Waals surface area contributed by atoms with E-state index in [0.29, 0.717) is 6.42 Å². The molecule has 1 atom stereocenters. The van der Waals surface area contributed by atoms with Crippen LogP contribution in [0.2, 0.25) is 0 Å². The van der Waals surface area contributed by atoms with Gasteiger partial charge in [-0.1, -0.05) is 13.8 Å². The molecule has 7 nitrogen and oxygen atoms in total. The molecule has 0 spiro atoms. The Morgan fingerprint density at radius 3 is 2.15 bits per heavy atom. The van der Waals surface area contributed by atoms with Gasteiger partial charge in [0.25, 0.3) is 0 Å². The quantitative estimate of drug-likeness (QED) is 0.679. The number of nitrogens with one attached hydrogen (secondary N) is 2. The lowest BCUT2D eigenvalue weighted by atomic mass is 10.0. The minimum Gasteiger partial charge on any atom is -0.480 e. The number of hydrogen-bond donors (Lipinski definition) is 3. The van der Waals surface area contributed by atoms with E-state index in [1.54, 1.807) is 20.8 Å². The summed E-state index contributed by atoms with van der Waals surface area (Å²) in [6.45, 7) is 8.46. The van der Waals surface area contributed by atoms with Crippen molar-refractivity contribution < 1.29 is 24.2 Å². The van der Waals surface area contributed by atoms with Gasteiger partial charge in [0, 0.05) is 0 Å². The van der Waals surface area contributed by atoms with E-state index in [1.807, 2.05) is 13.8 Å². The molecule has 0 fully saturated rings. The molecule has 20 heavy (non-hydrogen) atoms. The van der Waals surface area contributed by atoms with Crippen molar-refractivity contribution >= 4 is 18.0 Å². The van der Waals surface area contributed by atoms with Crippen LogP contribution in [-0.2, 0) is 14.3 Å². The number of carboxylic acids is 1. The molecule has 0 rings (SSSR count). The van der Waals surface area contributed by atoms with Crippen LogP contribution in [0.15, 0.2) is 0 Å². The maximum Gasteiger partial charge on any atom is 0.408 e. The van der Waals surface area contributed by atoms with E-state index in [-0.39, 0.29) is 5.92 Å². The summed E-state index contributed by atoms with van der Waals surface area (Å²) < 4.78 is 5.08. The molecule has 0 aliphatic rings. The Balaban J connectivity index is 4.59. The summed E-state index contributed by atoms with van der Waals surface area (Å²) in [7, 11) is 0. The average molecular weight is 288 g/mol. The van der Waals surface area contributed by atoms with Gasteiger partial charge < -0.3 is 20.5 Å². The summed E-state index contributed by atoms with van der Waals surface area (Å²) in [6.07, 6.45) is -0.307. The van der Waals surface area contributed by atoms with Gasteiger partial charge in [0.05, 0.1) is 0 Å². The maximum atomic E-state index is 11.8. The van der Waals surface area contributed by atoms with E-state index in [2.05, 4.69) is 10.6 Å². The van der Waals surface area contributed by atoms with Crippen molar-refractivity contribution in [1.82, 2.24) is 10.6 Å². The average Bonchev–Trinajstić information content (AvgIpc) is 2.21. The number of amides is 2. The van der Waals surface area contributed by atoms with Crippen molar-refractivity contribution in [1.29, 1.82) is 0 Å². The van der Waals surface area contributed by atoms with Crippen molar-refractivity contribution in [2.75, 3.05) is 6.54 Å². The van der Waals surface area contributed by atoms with Crippen LogP contribution in [0.25, 0.3) is 0 Å². The van der Waals surface area contributed by atoms with Crippen LogP contribution >= 0.6 is 0 Å². The van der Waals surface area contributed by atoms with E-state index in [0.717, 1.165) is 0 Å². The first-order valence-electron chi connectivity index (χ1n) is 6.50. The van der Waals surface area contributed by atoms with Crippen molar-refractivity contribution in [2.45, 2.75) is 52.7 Å². The molecule has 0 aromatic carbocycles. The zero-order chi connectivity index (χ0) is 15.9. The third-order valence-corrected chi connectivity index (χ3v) is 2.13. The molecule has 0 saturated carbocycles. The Hall–Kier alpha value is -1.79. The van der Waals surface area contributed by atoms with Gasteiger partial charge in [-0.2, -0.15) is 0 Å². The standard InChI is InChI=1S/C13H24N2O5/c1-8(2)6-9(11(18)14-7-10(16)17)15-12(19)20-13(3,4)5/h8-9H,6-7H2,1-5H3,(H,14,18)(H,15,19)(H,16,17). The van der Waals surface area contributed by atoms with Crippen LogP contribution in [0.4, 0.5) is 4.79 Å². The van der Waals surface area contributed by atoms with Gasteiger partial charge in [0.15, 0.2) is 0 Å². The molecule has 7 heteroatoms. The normalized spacial score (nSPS) is 12.7. The molecule has 0 bridgehead atoms. The lowest BCUT2D eigenvalue weighted by Crippen LogP contribution is -2.49. The SMILES string of the molecule is CC(C)CC(NC(=O)OC(C)(C)C)C(=O)NCC(=O)O. The largest absolute Gasteiger partial charge is 0.480 e. The minimum atomic E-state index is -1.14. The van der Waals surface area contributed by atoms with Crippen molar-refractivity contribution in [3.63, 3.8) is 0 Å². The number of hydrogen-bond acceptors (Lipinski definition) is 4. The van der Waals surface area contributed by atoms with Crippen molar-refractivity contribution in [2.24, 2.45) is 5.92 Å². The van der Waals surface area contributed by atoms with Crippen LogP contribution < -0.4 is 10.6 Å². The fourth-order valence-corrected chi connectivity index (χ4v) is 1.44. The lowest BCUT2D eigenvalue weighted by molar-refractivity contribution is -0.138. The number of alkyl carbamates (subject to hydrolysis) is 1. The van der Waals surface area contributed by atoms with Crippen LogP contribution in [0.5, 0.6) is 0 Å². The van der Waals surface area contributed by atoms with E-state index >= 15 is 0 Å². The van der Waals surface area contributed by atoms with Gasteiger partial charge in [0.2, 0.25) is 5.91 Å². The number of ether oxygens (including phenoxy) is 1. The first-order chi connectivity index (χ1) is 9.01. The molecule has 2 amide bonds. The van der Waals surface area contributed by atoms with Gasteiger partial charge in [-0.3, -0.25) is 9.59 Å². The van der Waals surface area contributed by atoms with E-state index in [9.17, 15) is 14.4 Å². The smallest absolute Gasteiger partial charge is 0.408 e. The predicted molar refractivity (Wildman–Crippen MR) is 73.3 cm³/mol. The second-order valence-electron chi connectivity index (χ2n) is 5.94. The topological polar surface area (TPSA) is 105 Å². The first-order valence-corrected chi connectivity index (χ1v) is 6.50. The van der Waals surface area contributed by atoms with Gasteiger partial charge in [-0.15, -0.1) is 0 Å². The van der Waals surface area contributed by atoms with Crippen LogP contribution in [-0.4, -0.2) is 41.3 Å². The molecule has 0 saturated heterocycles. The fourth-order valence-electron chi connectivity index (χ4n) is 1.44. The number of aliphatic carboxylic acids is 1. The third kappa shape index (κ3) is 9.18. The van der Waals surface area contributed by atoms with Crippen molar-refractivity contribution in [3.05, 3.63) is 0 Å². The summed E-state index contributed by atoms with van der Waals surface area (Å²) in [5.74, 6) is -1.52. The Morgan fingerprint density at radius 1 is 1.20 bits per heavy atom. The molecule has 3 N–H and O–H groups in total. The number of carboxylic acid groups (broad SMARTS) is 1. The van der Waals surface area contributed by atoms with Gasteiger partial charge >= 0.3 is 12.1 Å². The highest BCUT2D eigenvalue weighted by Crippen LogP contribution is 2.09. The Bertz CT molecular complexity index is 360. The third-order valence-electron chi connectivity index (χ3n) is 2.13. The fraction of sp³-hybridized carbons (Fsp3) is 0.769. The highest BCUT2D eigenvalue weighted by Gasteiger charge is 2.25. The zero-order valence-electron chi connectivity index (χ0n) is 12.6. The number of carbonyl (C=O) groups is 3. The molecular formula is C13H24N2O5.